The molecular weight excluding hydrogens is 224 g/mol. The van der Waals surface area contributed by atoms with Crippen LogP contribution < -0.4 is 0 Å². The first kappa shape index (κ1) is 12.6. The normalized spacial score (nSPS) is 21.1. The van der Waals surface area contributed by atoms with Crippen LogP contribution in [0.25, 0.3) is 5.57 Å². The fraction of sp³-hybridized carbons (Fsp3) is 0.467. The number of benzene rings is 1. The Hall–Kier alpha value is -0.863. The fourth-order valence-electron chi connectivity index (χ4n) is 2.33. The zero-order chi connectivity index (χ0) is 12.3. The molecule has 17 heavy (non-hydrogen) atoms. The summed E-state index contributed by atoms with van der Waals surface area (Å²) in [5.74, 6) is 0. The van der Waals surface area contributed by atoms with Crippen molar-refractivity contribution < 1.29 is 4.43 Å². The quantitative estimate of drug-likeness (QED) is 0.715. The lowest BCUT2D eigenvalue weighted by molar-refractivity contribution is 0.232. The van der Waals surface area contributed by atoms with Crippen LogP contribution in [0.3, 0.4) is 0 Å². The molecule has 0 aliphatic heterocycles. The molecule has 1 atom stereocenters. The van der Waals surface area contributed by atoms with E-state index in [1.807, 2.05) is 0 Å². The maximum Gasteiger partial charge on any atom is 0.184 e. The van der Waals surface area contributed by atoms with Gasteiger partial charge in [0.15, 0.2) is 8.32 Å². The molecule has 1 aliphatic carbocycles. The molecule has 0 amide bonds. The summed E-state index contributed by atoms with van der Waals surface area (Å²) in [5.41, 5.74) is 2.73. The zero-order valence-corrected chi connectivity index (χ0v) is 12.1. The third kappa shape index (κ3) is 3.55. The molecule has 0 aromatic heterocycles. The van der Waals surface area contributed by atoms with Gasteiger partial charge < -0.3 is 4.43 Å². The Morgan fingerprint density at radius 2 is 1.82 bits per heavy atom. The zero-order valence-electron chi connectivity index (χ0n) is 11.1. The highest BCUT2D eigenvalue weighted by molar-refractivity contribution is 6.69. The first-order valence-corrected chi connectivity index (χ1v) is 9.90. The minimum atomic E-state index is -1.46. The van der Waals surface area contributed by atoms with E-state index in [0.29, 0.717) is 6.10 Å². The summed E-state index contributed by atoms with van der Waals surface area (Å²) in [7, 11) is -1.46. The lowest BCUT2D eigenvalue weighted by atomic mass is 9.91. The summed E-state index contributed by atoms with van der Waals surface area (Å²) in [4.78, 5) is 0. The first-order valence-electron chi connectivity index (χ1n) is 6.49. The predicted molar refractivity (Wildman–Crippen MR) is 76.5 cm³/mol. The van der Waals surface area contributed by atoms with Gasteiger partial charge in [-0.05, 0) is 50.0 Å². The summed E-state index contributed by atoms with van der Waals surface area (Å²) < 4.78 is 6.32. The van der Waals surface area contributed by atoms with Crippen LogP contribution in [-0.2, 0) is 4.43 Å². The van der Waals surface area contributed by atoms with Gasteiger partial charge in [-0.15, -0.1) is 0 Å². The van der Waals surface area contributed by atoms with Crippen LogP contribution >= 0.6 is 0 Å². The second-order valence-electron chi connectivity index (χ2n) is 5.68. The third-order valence-electron chi connectivity index (χ3n) is 2.98. The minimum Gasteiger partial charge on any atom is -0.411 e. The lowest BCUT2D eigenvalue weighted by Crippen LogP contribution is -2.33. The molecule has 1 aromatic rings. The van der Waals surface area contributed by atoms with Crippen LogP contribution in [0, 0.1) is 0 Å². The minimum absolute atomic E-state index is 0.317. The van der Waals surface area contributed by atoms with Crippen LogP contribution in [-0.4, -0.2) is 14.4 Å². The predicted octanol–water partition coefficient (Wildman–Crippen LogP) is 4.47. The summed E-state index contributed by atoms with van der Waals surface area (Å²) in [5, 5.41) is 0. The van der Waals surface area contributed by atoms with Gasteiger partial charge in [-0.3, -0.25) is 0 Å². The van der Waals surface area contributed by atoms with Crippen molar-refractivity contribution >= 4 is 13.9 Å². The number of allylic oxidation sites excluding steroid dienone is 1. The van der Waals surface area contributed by atoms with Crippen molar-refractivity contribution in [3.8, 4) is 0 Å². The summed E-state index contributed by atoms with van der Waals surface area (Å²) in [6, 6.07) is 10.7. The lowest BCUT2D eigenvalue weighted by Gasteiger charge is -2.31. The van der Waals surface area contributed by atoms with Gasteiger partial charge in [0.1, 0.15) is 0 Å². The van der Waals surface area contributed by atoms with E-state index < -0.39 is 8.32 Å². The second-order valence-corrected chi connectivity index (χ2v) is 10.1. The standard InChI is InChI=1S/C15H22OSi/c1-17(2,3)16-15-12-8-7-11-14(15)13-9-5-4-6-10-13/h4-6,9-11,15H,7-8,12H2,1-3H3. The number of hydrogen-bond donors (Lipinski definition) is 0. The highest BCUT2D eigenvalue weighted by atomic mass is 28.4. The van der Waals surface area contributed by atoms with Crippen molar-refractivity contribution in [1.29, 1.82) is 0 Å². The molecule has 0 N–H and O–H groups in total. The molecule has 0 bridgehead atoms. The van der Waals surface area contributed by atoms with E-state index in [2.05, 4.69) is 56.0 Å². The Morgan fingerprint density at radius 3 is 2.47 bits per heavy atom. The van der Waals surface area contributed by atoms with E-state index in [-0.39, 0.29) is 0 Å². The number of hydrogen-bond acceptors (Lipinski definition) is 1. The molecule has 0 saturated heterocycles. The van der Waals surface area contributed by atoms with Crippen molar-refractivity contribution in [2.75, 3.05) is 0 Å². The Kier molecular flexibility index (Phi) is 3.85. The third-order valence-corrected chi connectivity index (χ3v) is 3.98. The maximum atomic E-state index is 6.32. The molecule has 1 nitrogen and oxygen atoms in total. The van der Waals surface area contributed by atoms with Gasteiger partial charge in [0.2, 0.25) is 0 Å². The van der Waals surface area contributed by atoms with Crippen LogP contribution in [0.4, 0.5) is 0 Å². The van der Waals surface area contributed by atoms with E-state index in [0.717, 1.165) is 0 Å². The van der Waals surface area contributed by atoms with E-state index in [9.17, 15) is 0 Å². The highest BCUT2D eigenvalue weighted by Crippen LogP contribution is 2.31. The average Bonchev–Trinajstić information content (AvgIpc) is 2.29. The molecule has 2 rings (SSSR count). The Balaban J connectivity index is 2.21. The van der Waals surface area contributed by atoms with E-state index in [1.54, 1.807) is 0 Å². The molecule has 0 radical (unpaired) electrons. The van der Waals surface area contributed by atoms with Crippen molar-refractivity contribution in [2.45, 2.75) is 45.0 Å². The van der Waals surface area contributed by atoms with Crippen molar-refractivity contribution in [1.82, 2.24) is 0 Å². The van der Waals surface area contributed by atoms with Crippen molar-refractivity contribution in [3.05, 3.63) is 42.0 Å². The maximum absolute atomic E-state index is 6.32. The molecule has 0 fully saturated rings. The summed E-state index contributed by atoms with van der Waals surface area (Å²) in [6.45, 7) is 6.80. The van der Waals surface area contributed by atoms with Crippen molar-refractivity contribution in [2.24, 2.45) is 0 Å². The van der Waals surface area contributed by atoms with Crippen LogP contribution in [0.1, 0.15) is 24.8 Å². The first-order chi connectivity index (χ1) is 8.06. The van der Waals surface area contributed by atoms with Gasteiger partial charge in [-0.25, -0.2) is 0 Å². The SMILES string of the molecule is C[Si](C)(C)OC1CCCC=C1c1ccccc1. The average molecular weight is 246 g/mol. The molecular formula is C15H22OSi. The van der Waals surface area contributed by atoms with E-state index >= 15 is 0 Å². The van der Waals surface area contributed by atoms with Crippen molar-refractivity contribution in [3.63, 3.8) is 0 Å². The van der Waals surface area contributed by atoms with E-state index in [4.69, 9.17) is 4.43 Å². The smallest absolute Gasteiger partial charge is 0.184 e. The van der Waals surface area contributed by atoms with Gasteiger partial charge in [-0.1, -0.05) is 36.4 Å². The van der Waals surface area contributed by atoms with Gasteiger partial charge in [-0.2, -0.15) is 0 Å². The molecule has 0 heterocycles. The molecule has 1 unspecified atom stereocenters. The van der Waals surface area contributed by atoms with Crippen LogP contribution in [0.5, 0.6) is 0 Å². The Labute approximate surface area is 106 Å². The highest BCUT2D eigenvalue weighted by Gasteiger charge is 2.25. The fourth-order valence-corrected chi connectivity index (χ4v) is 3.43. The molecule has 1 aliphatic rings. The topological polar surface area (TPSA) is 9.23 Å². The summed E-state index contributed by atoms with van der Waals surface area (Å²) in [6.07, 6.45) is 6.30. The van der Waals surface area contributed by atoms with Gasteiger partial charge in [0, 0.05) is 0 Å². The Morgan fingerprint density at radius 1 is 1.12 bits per heavy atom. The monoisotopic (exact) mass is 246 g/mol. The number of rotatable bonds is 3. The van der Waals surface area contributed by atoms with Gasteiger partial charge in [0.05, 0.1) is 6.10 Å². The summed E-state index contributed by atoms with van der Waals surface area (Å²) >= 11 is 0. The van der Waals surface area contributed by atoms with Gasteiger partial charge >= 0.3 is 0 Å². The molecule has 2 heteroatoms. The Bertz CT molecular complexity index is 389. The molecule has 92 valence electrons. The van der Waals surface area contributed by atoms with Gasteiger partial charge in [0.25, 0.3) is 0 Å². The molecule has 0 saturated carbocycles. The molecule has 0 spiro atoms. The van der Waals surface area contributed by atoms with Crippen LogP contribution in [0.15, 0.2) is 36.4 Å². The van der Waals surface area contributed by atoms with E-state index in [1.165, 1.54) is 30.4 Å². The van der Waals surface area contributed by atoms with Crippen LogP contribution in [0.2, 0.25) is 19.6 Å². The largest absolute Gasteiger partial charge is 0.411 e. The molecule has 1 aromatic carbocycles. The second kappa shape index (κ2) is 5.19.